The van der Waals surface area contributed by atoms with E-state index >= 15 is 0 Å². The maximum atomic E-state index is 12.8. The Labute approximate surface area is 261 Å². The number of nitrogens with one attached hydrogen (secondary N) is 1. The summed E-state index contributed by atoms with van der Waals surface area (Å²) in [6.45, 7) is 9.27. The summed E-state index contributed by atoms with van der Waals surface area (Å²) in [5, 5.41) is 9.12. The van der Waals surface area contributed by atoms with Crippen LogP contribution in [0.15, 0.2) is 73.2 Å². The molecule has 12 heteroatoms. The molecular formula is C33H35N9O3. The van der Waals surface area contributed by atoms with Gasteiger partial charge in [-0.05, 0) is 51.8 Å². The second-order valence-electron chi connectivity index (χ2n) is 12.4. The van der Waals surface area contributed by atoms with Crippen LogP contribution in [0.4, 0.5) is 22.2 Å². The molecule has 3 aromatic heterocycles. The SMILES string of the molecule is Cc1nc(N2C[C@@H]3C[C@H]2CN3C(=O)OC(C)(C)C)cc(-n2nc(Nc3cnccn3)c3ccc(OCc4ccccc4)cc32)n1. The topological polar surface area (TPSA) is 123 Å². The number of nitrogens with zero attached hydrogens (tertiary/aromatic N) is 8. The smallest absolute Gasteiger partial charge is 0.410 e. The number of fused-ring (bicyclic) bond motifs is 3. The van der Waals surface area contributed by atoms with Crippen molar-refractivity contribution in [3.8, 4) is 11.6 Å². The van der Waals surface area contributed by atoms with Crippen molar-refractivity contribution >= 4 is 34.4 Å². The number of carbonyl (C=O) groups is 1. The summed E-state index contributed by atoms with van der Waals surface area (Å²) >= 11 is 0. The molecule has 0 unspecified atom stereocenters. The van der Waals surface area contributed by atoms with Crippen molar-refractivity contribution in [2.45, 2.75) is 58.4 Å². The number of likely N-dealkylation sites (tertiary alicyclic amines) is 1. The largest absolute Gasteiger partial charge is 0.489 e. The van der Waals surface area contributed by atoms with E-state index in [4.69, 9.17) is 24.5 Å². The molecule has 2 atom stereocenters. The standard InChI is InChI=1S/C33H35N9O3/c1-21-36-29(40-18-24-14-23(40)19-41(24)32(43)45-33(2,3)4)16-30(37-21)42-27-15-25(44-20-22-8-6-5-7-9-22)10-11-26(27)31(39-42)38-28-17-34-12-13-35-28/h5-13,15-17,23-24H,14,18-20H2,1-4H3,(H,35,38,39)/t23-,24-/m0/s1. The van der Waals surface area contributed by atoms with Gasteiger partial charge in [-0.15, -0.1) is 5.10 Å². The number of anilines is 3. The first-order valence-corrected chi connectivity index (χ1v) is 15.0. The molecule has 12 nitrogen and oxygen atoms in total. The Kier molecular flexibility index (Phi) is 7.19. The molecule has 7 rings (SSSR count). The highest BCUT2D eigenvalue weighted by Gasteiger charge is 2.47. The molecule has 2 fully saturated rings. The minimum Gasteiger partial charge on any atom is -0.489 e. The molecule has 2 saturated heterocycles. The van der Waals surface area contributed by atoms with E-state index in [9.17, 15) is 4.79 Å². The van der Waals surface area contributed by atoms with E-state index in [-0.39, 0.29) is 18.2 Å². The number of amides is 1. The number of hydrogen-bond donors (Lipinski definition) is 1. The highest BCUT2D eigenvalue weighted by Crippen LogP contribution is 2.36. The van der Waals surface area contributed by atoms with Gasteiger partial charge in [-0.25, -0.2) is 24.4 Å². The van der Waals surface area contributed by atoms with Crippen molar-refractivity contribution in [1.29, 1.82) is 0 Å². The highest BCUT2D eigenvalue weighted by molar-refractivity contribution is 5.93. The van der Waals surface area contributed by atoms with Crippen molar-refractivity contribution in [2.24, 2.45) is 0 Å². The predicted octanol–water partition coefficient (Wildman–Crippen LogP) is 5.43. The average molecular weight is 606 g/mol. The molecule has 45 heavy (non-hydrogen) atoms. The molecule has 2 bridgehead atoms. The van der Waals surface area contributed by atoms with Gasteiger partial charge in [-0.2, -0.15) is 0 Å². The summed E-state index contributed by atoms with van der Waals surface area (Å²) < 4.78 is 13.6. The van der Waals surface area contributed by atoms with E-state index < -0.39 is 5.60 Å². The lowest BCUT2D eigenvalue weighted by Gasteiger charge is -2.35. The molecule has 0 aliphatic carbocycles. The molecule has 5 heterocycles. The monoisotopic (exact) mass is 605 g/mol. The Hall–Kier alpha value is -5.26. The van der Waals surface area contributed by atoms with E-state index in [0.29, 0.717) is 48.7 Å². The van der Waals surface area contributed by atoms with Gasteiger partial charge < -0.3 is 24.6 Å². The second kappa shape index (κ2) is 11.3. The van der Waals surface area contributed by atoms with Crippen molar-refractivity contribution in [3.05, 3.63) is 84.6 Å². The lowest BCUT2D eigenvalue weighted by Crippen LogP contribution is -2.50. The summed E-state index contributed by atoms with van der Waals surface area (Å²) in [4.78, 5) is 35.1. The Morgan fingerprint density at radius 1 is 1.00 bits per heavy atom. The average Bonchev–Trinajstić information content (AvgIpc) is 3.73. The number of hydrogen-bond acceptors (Lipinski definition) is 10. The van der Waals surface area contributed by atoms with Gasteiger partial charge in [0.2, 0.25) is 0 Å². The first-order valence-electron chi connectivity index (χ1n) is 15.0. The van der Waals surface area contributed by atoms with E-state index in [0.717, 1.165) is 28.7 Å². The number of aryl methyl sites for hydroxylation is 1. The van der Waals surface area contributed by atoms with E-state index in [1.54, 1.807) is 18.6 Å². The molecule has 1 N–H and O–H groups in total. The molecule has 2 aliphatic rings. The van der Waals surface area contributed by atoms with Crippen molar-refractivity contribution < 1.29 is 14.3 Å². The lowest BCUT2D eigenvalue weighted by atomic mass is 10.2. The fourth-order valence-corrected chi connectivity index (χ4v) is 5.96. The third-order valence-corrected chi connectivity index (χ3v) is 7.90. The number of rotatable bonds is 7. The third-order valence-electron chi connectivity index (χ3n) is 7.90. The molecule has 2 aliphatic heterocycles. The van der Waals surface area contributed by atoms with E-state index in [1.807, 2.05) is 91.9 Å². The molecule has 2 aromatic carbocycles. The Bertz CT molecular complexity index is 1840. The van der Waals surface area contributed by atoms with Crippen molar-refractivity contribution in [3.63, 3.8) is 0 Å². The fourth-order valence-electron chi connectivity index (χ4n) is 5.96. The number of carbonyl (C=O) groups excluding carboxylic acids is 1. The normalized spacial score (nSPS) is 17.6. The van der Waals surface area contributed by atoms with Crippen LogP contribution in [0, 0.1) is 6.92 Å². The molecule has 230 valence electrons. The van der Waals surface area contributed by atoms with Crippen LogP contribution in [0.5, 0.6) is 5.75 Å². The minimum atomic E-state index is -0.531. The highest BCUT2D eigenvalue weighted by atomic mass is 16.6. The summed E-state index contributed by atoms with van der Waals surface area (Å²) in [5.74, 6) is 3.96. The zero-order valence-electron chi connectivity index (χ0n) is 25.7. The van der Waals surface area contributed by atoms with E-state index in [1.165, 1.54) is 0 Å². The Morgan fingerprint density at radius 3 is 2.56 bits per heavy atom. The van der Waals surface area contributed by atoms with Crippen molar-refractivity contribution in [2.75, 3.05) is 23.3 Å². The quantitative estimate of drug-likeness (QED) is 0.257. The molecule has 0 radical (unpaired) electrons. The summed E-state index contributed by atoms with van der Waals surface area (Å²) in [5.41, 5.74) is 1.37. The van der Waals surface area contributed by atoms with Gasteiger partial charge in [0.25, 0.3) is 0 Å². The van der Waals surface area contributed by atoms with Crippen LogP contribution in [-0.2, 0) is 11.3 Å². The Balaban J connectivity index is 1.21. The second-order valence-corrected chi connectivity index (χ2v) is 12.4. The zero-order chi connectivity index (χ0) is 31.1. The summed E-state index contributed by atoms with van der Waals surface area (Å²) in [6.07, 6.45) is 5.52. The van der Waals surface area contributed by atoms with Gasteiger partial charge in [0, 0.05) is 43.0 Å². The Morgan fingerprint density at radius 2 is 1.82 bits per heavy atom. The summed E-state index contributed by atoms with van der Waals surface area (Å²) in [6, 6.07) is 18.1. The maximum Gasteiger partial charge on any atom is 0.410 e. The van der Waals surface area contributed by atoms with Crippen LogP contribution in [0.1, 0.15) is 38.6 Å². The van der Waals surface area contributed by atoms with Crippen LogP contribution < -0.4 is 15.0 Å². The summed E-state index contributed by atoms with van der Waals surface area (Å²) in [7, 11) is 0. The molecule has 1 amide bonds. The minimum absolute atomic E-state index is 0.0706. The van der Waals surface area contributed by atoms with Gasteiger partial charge in [-0.1, -0.05) is 30.3 Å². The zero-order valence-corrected chi connectivity index (χ0v) is 25.7. The number of benzene rings is 2. The number of aromatic nitrogens is 6. The van der Waals surface area contributed by atoms with Crippen LogP contribution in [0.25, 0.3) is 16.7 Å². The number of ether oxygens (including phenoxy) is 2. The van der Waals surface area contributed by atoms with Crippen molar-refractivity contribution in [1.82, 2.24) is 34.6 Å². The molecular weight excluding hydrogens is 570 g/mol. The molecule has 5 aromatic rings. The van der Waals surface area contributed by atoms with Crippen LogP contribution in [0.2, 0.25) is 0 Å². The van der Waals surface area contributed by atoms with Gasteiger partial charge in [0.05, 0.1) is 23.8 Å². The maximum absolute atomic E-state index is 12.8. The molecule has 0 saturated carbocycles. The first kappa shape index (κ1) is 28.5. The van der Waals surface area contributed by atoms with Crippen LogP contribution >= 0.6 is 0 Å². The van der Waals surface area contributed by atoms with Gasteiger partial charge in [0.15, 0.2) is 11.6 Å². The van der Waals surface area contributed by atoms with Crippen LogP contribution in [-0.4, -0.2) is 71.5 Å². The molecule has 0 spiro atoms. The van der Waals surface area contributed by atoms with Gasteiger partial charge in [-0.3, -0.25) is 4.98 Å². The third kappa shape index (κ3) is 5.95. The van der Waals surface area contributed by atoms with Gasteiger partial charge >= 0.3 is 6.09 Å². The number of piperazine rings is 1. The first-order chi connectivity index (χ1) is 21.7. The van der Waals surface area contributed by atoms with Crippen LogP contribution in [0.3, 0.4) is 0 Å². The lowest BCUT2D eigenvalue weighted by molar-refractivity contribution is 0.0214. The van der Waals surface area contributed by atoms with Gasteiger partial charge in [0.1, 0.15) is 35.4 Å². The predicted molar refractivity (Wildman–Crippen MR) is 170 cm³/mol. The fraction of sp³-hybridized carbons (Fsp3) is 0.333. The van der Waals surface area contributed by atoms with E-state index in [2.05, 4.69) is 20.2 Å².